The Morgan fingerprint density at radius 1 is 1.31 bits per heavy atom. The second kappa shape index (κ2) is 3.28. The van der Waals surface area contributed by atoms with Crippen LogP contribution in [0.2, 0.25) is 5.15 Å². The van der Waals surface area contributed by atoms with Gasteiger partial charge in [0.05, 0.1) is 0 Å². The van der Waals surface area contributed by atoms with Gasteiger partial charge < -0.3 is 0 Å². The van der Waals surface area contributed by atoms with E-state index >= 15 is 0 Å². The van der Waals surface area contributed by atoms with E-state index in [-0.39, 0.29) is 0 Å². The number of halogens is 1. The van der Waals surface area contributed by atoms with E-state index in [1.165, 1.54) is 0 Å². The van der Waals surface area contributed by atoms with Gasteiger partial charge >= 0.3 is 0 Å². The first-order valence-corrected chi connectivity index (χ1v) is 4.98. The van der Waals surface area contributed by atoms with Crippen LogP contribution in [0.25, 0.3) is 17.2 Å². The van der Waals surface area contributed by atoms with E-state index in [4.69, 9.17) is 11.6 Å². The Morgan fingerprint density at radius 3 is 2.94 bits per heavy atom. The molecule has 0 N–H and O–H groups in total. The number of hydrogen-bond donors (Lipinski definition) is 0. The van der Waals surface area contributed by atoms with Gasteiger partial charge in [0.15, 0.2) is 11.5 Å². The van der Waals surface area contributed by atoms with E-state index in [0.29, 0.717) is 16.6 Å². The van der Waals surface area contributed by atoms with Crippen LogP contribution in [-0.2, 0) is 7.05 Å². The molecule has 0 atom stereocenters. The molecule has 7 heteroatoms. The maximum Gasteiger partial charge on any atom is 0.187 e. The molecule has 0 aliphatic rings. The van der Waals surface area contributed by atoms with Crippen LogP contribution in [0.5, 0.6) is 0 Å². The van der Waals surface area contributed by atoms with Crippen molar-refractivity contribution in [2.45, 2.75) is 0 Å². The smallest absolute Gasteiger partial charge is 0.187 e. The van der Waals surface area contributed by atoms with Gasteiger partial charge in [-0.15, -0.1) is 10.2 Å². The molecule has 0 saturated carbocycles. The Kier molecular flexibility index (Phi) is 1.90. The van der Waals surface area contributed by atoms with Crippen LogP contribution in [0.1, 0.15) is 0 Å². The van der Waals surface area contributed by atoms with E-state index in [1.807, 2.05) is 13.1 Å². The van der Waals surface area contributed by atoms with Gasteiger partial charge in [-0.2, -0.15) is 5.10 Å². The van der Waals surface area contributed by atoms with Gasteiger partial charge in [-0.05, 0) is 6.07 Å². The van der Waals surface area contributed by atoms with Crippen molar-refractivity contribution in [2.75, 3.05) is 0 Å². The van der Waals surface area contributed by atoms with Crippen molar-refractivity contribution in [3.8, 4) is 11.5 Å². The van der Waals surface area contributed by atoms with Crippen LogP contribution in [0.3, 0.4) is 0 Å². The minimum absolute atomic E-state index is 0.399. The van der Waals surface area contributed by atoms with Crippen molar-refractivity contribution in [3.05, 3.63) is 29.8 Å². The molecular weight excluding hydrogens is 228 g/mol. The maximum atomic E-state index is 5.77. The summed E-state index contributed by atoms with van der Waals surface area (Å²) in [5.41, 5.74) is 1.54. The average molecular weight is 235 g/mol. The van der Waals surface area contributed by atoms with Crippen LogP contribution in [0.15, 0.2) is 24.7 Å². The van der Waals surface area contributed by atoms with Gasteiger partial charge in [-0.25, -0.2) is 4.98 Å². The first-order valence-electron chi connectivity index (χ1n) is 4.60. The third-order valence-electron chi connectivity index (χ3n) is 2.32. The average Bonchev–Trinajstić information content (AvgIpc) is 2.83. The monoisotopic (exact) mass is 234 g/mol. The molecule has 0 unspecified atom stereocenters. The quantitative estimate of drug-likeness (QED) is 0.593. The SMILES string of the molecule is Cn1nccc1-c1nnc2cc(Cl)ncn12. The number of aryl methyl sites for hydroxylation is 1. The van der Waals surface area contributed by atoms with Crippen LogP contribution in [0.4, 0.5) is 0 Å². The molecule has 0 amide bonds. The number of fused-ring (bicyclic) bond motifs is 1. The standard InChI is InChI=1S/C9H7ClN6/c1-15-6(2-3-12-15)9-14-13-8-4-7(10)11-5-16(8)9/h2-5H,1H3. The third kappa shape index (κ3) is 1.27. The maximum absolute atomic E-state index is 5.77. The highest BCUT2D eigenvalue weighted by Crippen LogP contribution is 2.17. The van der Waals surface area contributed by atoms with Crippen LogP contribution >= 0.6 is 11.6 Å². The van der Waals surface area contributed by atoms with Crippen molar-refractivity contribution in [2.24, 2.45) is 7.05 Å². The normalized spacial score (nSPS) is 11.1. The molecule has 0 bridgehead atoms. The molecule has 0 radical (unpaired) electrons. The molecule has 80 valence electrons. The van der Waals surface area contributed by atoms with E-state index in [1.54, 1.807) is 27.7 Å². The number of rotatable bonds is 1. The van der Waals surface area contributed by atoms with Gasteiger partial charge in [0.2, 0.25) is 0 Å². The van der Waals surface area contributed by atoms with Gasteiger partial charge in [0, 0.05) is 19.3 Å². The lowest BCUT2D eigenvalue weighted by molar-refractivity contribution is 0.768. The van der Waals surface area contributed by atoms with Gasteiger partial charge in [0.1, 0.15) is 17.2 Å². The zero-order chi connectivity index (χ0) is 11.1. The number of nitrogens with zero attached hydrogens (tertiary/aromatic N) is 6. The molecule has 3 heterocycles. The number of hydrogen-bond acceptors (Lipinski definition) is 4. The molecule has 3 aromatic rings. The zero-order valence-electron chi connectivity index (χ0n) is 8.37. The van der Waals surface area contributed by atoms with Gasteiger partial charge in [-0.1, -0.05) is 11.6 Å². The van der Waals surface area contributed by atoms with E-state index in [2.05, 4.69) is 20.3 Å². The lowest BCUT2D eigenvalue weighted by atomic mass is 10.4. The predicted octanol–water partition coefficient (Wildman–Crippen LogP) is 1.18. The summed E-state index contributed by atoms with van der Waals surface area (Å²) in [5, 5.41) is 12.6. The lowest BCUT2D eigenvalue weighted by Gasteiger charge is -1.99. The summed E-state index contributed by atoms with van der Waals surface area (Å²) in [6.45, 7) is 0. The Balaban J connectivity index is 2.30. The molecular formula is C9H7ClN6. The molecule has 0 saturated heterocycles. The summed E-state index contributed by atoms with van der Waals surface area (Å²) in [6, 6.07) is 3.53. The minimum atomic E-state index is 0.399. The summed E-state index contributed by atoms with van der Waals surface area (Å²) >= 11 is 5.77. The van der Waals surface area contributed by atoms with E-state index in [9.17, 15) is 0 Å². The summed E-state index contributed by atoms with van der Waals surface area (Å²) < 4.78 is 3.49. The molecule has 0 aliphatic carbocycles. The highest BCUT2D eigenvalue weighted by Gasteiger charge is 2.11. The molecule has 3 rings (SSSR count). The second-order valence-electron chi connectivity index (χ2n) is 3.30. The Hall–Kier alpha value is -1.95. The third-order valence-corrected chi connectivity index (χ3v) is 2.52. The van der Waals surface area contributed by atoms with Crippen LogP contribution < -0.4 is 0 Å². The van der Waals surface area contributed by atoms with Gasteiger partial charge in [0.25, 0.3) is 0 Å². The minimum Gasteiger partial charge on any atom is -0.265 e. The molecule has 16 heavy (non-hydrogen) atoms. The molecule has 0 aromatic carbocycles. The Morgan fingerprint density at radius 2 is 2.19 bits per heavy atom. The van der Waals surface area contributed by atoms with Crippen molar-refractivity contribution in [1.82, 2.24) is 29.4 Å². The van der Waals surface area contributed by atoms with Crippen LogP contribution in [0, 0.1) is 0 Å². The fraction of sp³-hybridized carbons (Fsp3) is 0.111. The predicted molar refractivity (Wildman–Crippen MR) is 58.0 cm³/mol. The topological polar surface area (TPSA) is 60.9 Å². The molecule has 3 aromatic heterocycles. The molecule has 0 spiro atoms. The Bertz CT molecular complexity index is 655. The first-order chi connectivity index (χ1) is 7.75. The molecule has 0 aliphatic heterocycles. The van der Waals surface area contributed by atoms with Crippen molar-refractivity contribution in [1.29, 1.82) is 0 Å². The Labute approximate surface area is 95.5 Å². The second-order valence-corrected chi connectivity index (χ2v) is 3.69. The highest BCUT2D eigenvalue weighted by molar-refractivity contribution is 6.29. The fourth-order valence-electron chi connectivity index (χ4n) is 1.54. The van der Waals surface area contributed by atoms with Crippen molar-refractivity contribution >= 4 is 17.2 Å². The molecule has 0 fully saturated rings. The number of aromatic nitrogens is 6. The summed E-state index contributed by atoms with van der Waals surface area (Å²) in [7, 11) is 1.85. The summed E-state index contributed by atoms with van der Waals surface area (Å²) in [5.74, 6) is 0.694. The van der Waals surface area contributed by atoms with Crippen molar-refractivity contribution in [3.63, 3.8) is 0 Å². The largest absolute Gasteiger partial charge is 0.265 e. The zero-order valence-corrected chi connectivity index (χ0v) is 9.13. The molecule has 6 nitrogen and oxygen atoms in total. The highest BCUT2D eigenvalue weighted by atomic mass is 35.5. The van der Waals surface area contributed by atoms with Crippen LogP contribution in [-0.4, -0.2) is 29.4 Å². The fourth-order valence-corrected chi connectivity index (χ4v) is 1.68. The van der Waals surface area contributed by atoms with Crippen molar-refractivity contribution < 1.29 is 0 Å². The lowest BCUT2D eigenvalue weighted by Crippen LogP contribution is -1.98. The first kappa shape index (κ1) is 9.29. The van der Waals surface area contributed by atoms with E-state index in [0.717, 1.165) is 5.69 Å². The summed E-state index contributed by atoms with van der Waals surface area (Å²) in [6.07, 6.45) is 3.31. The van der Waals surface area contributed by atoms with E-state index < -0.39 is 0 Å². The van der Waals surface area contributed by atoms with Gasteiger partial charge in [-0.3, -0.25) is 9.08 Å². The summed E-state index contributed by atoms with van der Waals surface area (Å²) in [4.78, 5) is 4.00.